The van der Waals surface area contributed by atoms with E-state index in [-0.39, 0.29) is 0 Å². The van der Waals surface area contributed by atoms with E-state index in [0.717, 1.165) is 49.1 Å². The predicted molar refractivity (Wildman–Crippen MR) is 121 cm³/mol. The molecular formula is C21H28ClN4OS+. The van der Waals surface area contributed by atoms with E-state index < -0.39 is 0 Å². The molecule has 3 rings (SSSR count). The van der Waals surface area contributed by atoms with Crippen molar-refractivity contribution in [3.05, 3.63) is 53.6 Å². The molecule has 7 heteroatoms. The molecule has 1 aliphatic heterocycles. The first-order chi connectivity index (χ1) is 13.6. The Bertz CT molecular complexity index is 746. The number of nitrogens with one attached hydrogen (secondary N) is 3. The molecule has 0 unspecified atom stereocenters. The van der Waals surface area contributed by atoms with Gasteiger partial charge in [-0.05, 0) is 60.7 Å². The van der Waals surface area contributed by atoms with Gasteiger partial charge in [0.15, 0.2) is 5.11 Å². The molecule has 1 heterocycles. The highest BCUT2D eigenvalue weighted by molar-refractivity contribution is 7.80. The molecule has 1 fully saturated rings. The minimum atomic E-state index is 0.654. The third-order valence-corrected chi connectivity index (χ3v) is 5.50. The summed E-state index contributed by atoms with van der Waals surface area (Å²) in [5.41, 5.74) is 2.22. The fourth-order valence-corrected chi connectivity index (χ4v) is 3.72. The van der Waals surface area contributed by atoms with Crippen molar-refractivity contribution in [3.63, 3.8) is 0 Å². The van der Waals surface area contributed by atoms with E-state index in [9.17, 15) is 0 Å². The molecule has 150 valence electrons. The van der Waals surface area contributed by atoms with E-state index in [1.807, 2.05) is 36.4 Å². The van der Waals surface area contributed by atoms with E-state index in [0.29, 0.717) is 5.11 Å². The number of nitrogens with zero attached hydrogens (tertiary/aromatic N) is 1. The number of quaternary nitrogens is 1. The maximum Gasteiger partial charge on any atom is 0.170 e. The number of ether oxygens (including phenoxy) is 1. The topological polar surface area (TPSA) is 41.0 Å². The second-order valence-corrected chi connectivity index (χ2v) is 7.77. The fourth-order valence-electron chi connectivity index (χ4n) is 3.37. The average molecular weight is 420 g/mol. The standard InChI is InChI=1S/C21H27ClN4OS/c1-27-20-9-7-19(8-10-20)26-15-13-25(14-16-26)12-2-11-23-21(28)24-18-5-3-17(22)4-6-18/h3-10H,2,11-16H2,1H3,(H2,23,24,28)/p+1. The molecule has 1 saturated heterocycles. The van der Waals surface area contributed by atoms with Crippen molar-refractivity contribution in [3.8, 4) is 5.75 Å². The Morgan fingerprint density at radius 2 is 1.79 bits per heavy atom. The van der Waals surface area contributed by atoms with Gasteiger partial charge in [0, 0.05) is 29.4 Å². The Kier molecular flexibility index (Phi) is 7.77. The molecule has 0 atom stereocenters. The van der Waals surface area contributed by atoms with Crippen molar-refractivity contribution < 1.29 is 9.64 Å². The van der Waals surface area contributed by atoms with Gasteiger partial charge in [-0.2, -0.15) is 0 Å². The van der Waals surface area contributed by atoms with Crippen molar-refractivity contribution in [1.82, 2.24) is 5.32 Å². The molecule has 5 nitrogen and oxygen atoms in total. The third kappa shape index (κ3) is 6.26. The van der Waals surface area contributed by atoms with Crippen LogP contribution in [-0.4, -0.2) is 51.5 Å². The molecule has 2 aromatic carbocycles. The molecule has 0 saturated carbocycles. The lowest BCUT2D eigenvalue weighted by molar-refractivity contribution is -0.900. The van der Waals surface area contributed by atoms with Gasteiger partial charge in [0.2, 0.25) is 0 Å². The van der Waals surface area contributed by atoms with Gasteiger partial charge >= 0.3 is 0 Å². The van der Waals surface area contributed by atoms with Crippen LogP contribution >= 0.6 is 23.8 Å². The summed E-state index contributed by atoms with van der Waals surface area (Å²) in [6.07, 6.45) is 1.10. The summed E-state index contributed by atoms with van der Waals surface area (Å²) in [5, 5.41) is 7.84. The first-order valence-electron chi connectivity index (χ1n) is 9.67. The summed E-state index contributed by atoms with van der Waals surface area (Å²) in [4.78, 5) is 4.11. The molecule has 0 radical (unpaired) electrons. The Morgan fingerprint density at radius 1 is 1.11 bits per heavy atom. The van der Waals surface area contributed by atoms with Crippen LogP contribution in [0, 0.1) is 0 Å². The van der Waals surface area contributed by atoms with Crippen LogP contribution in [0.3, 0.4) is 0 Å². The summed E-state index contributed by atoms with van der Waals surface area (Å²) in [6.45, 7) is 6.55. The third-order valence-electron chi connectivity index (χ3n) is 5.00. The van der Waals surface area contributed by atoms with E-state index in [1.54, 1.807) is 12.0 Å². The van der Waals surface area contributed by atoms with Crippen LogP contribution < -0.4 is 25.2 Å². The maximum atomic E-state index is 5.89. The van der Waals surface area contributed by atoms with Crippen LogP contribution in [0.1, 0.15) is 6.42 Å². The number of anilines is 2. The van der Waals surface area contributed by atoms with Crippen LogP contribution in [0.15, 0.2) is 48.5 Å². The summed E-state index contributed by atoms with van der Waals surface area (Å²) in [6, 6.07) is 15.9. The number of methoxy groups -OCH3 is 1. The number of hydrogen-bond acceptors (Lipinski definition) is 3. The molecule has 0 amide bonds. The molecule has 0 aliphatic carbocycles. The van der Waals surface area contributed by atoms with Crippen molar-refractivity contribution in [2.75, 3.05) is 56.6 Å². The fraction of sp³-hybridized carbons (Fsp3) is 0.381. The van der Waals surface area contributed by atoms with Gasteiger partial charge < -0.3 is 25.2 Å². The summed E-state index contributed by atoms with van der Waals surface area (Å²) in [7, 11) is 1.70. The Labute approximate surface area is 177 Å². The van der Waals surface area contributed by atoms with E-state index >= 15 is 0 Å². The van der Waals surface area contributed by atoms with Crippen LogP contribution in [-0.2, 0) is 0 Å². The second-order valence-electron chi connectivity index (χ2n) is 6.93. The van der Waals surface area contributed by atoms with Crippen molar-refractivity contribution in [2.24, 2.45) is 0 Å². The summed E-state index contributed by atoms with van der Waals surface area (Å²) in [5.74, 6) is 0.906. The van der Waals surface area contributed by atoms with Gasteiger partial charge in [-0.25, -0.2) is 0 Å². The summed E-state index contributed by atoms with van der Waals surface area (Å²) < 4.78 is 5.24. The molecule has 2 aromatic rings. The molecular weight excluding hydrogens is 392 g/mol. The number of piperazine rings is 1. The van der Waals surface area contributed by atoms with Gasteiger partial charge in [-0.1, -0.05) is 11.6 Å². The van der Waals surface area contributed by atoms with Gasteiger partial charge in [0.1, 0.15) is 5.75 Å². The quantitative estimate of drug-likeness (QED) is 0.475. The lowest BCUT2D eigenvalue weighted by Gasteiger charge is -2.33. The van der Waals surface area contributed by atoms with Crippen molar-refractivity contribution in [2.45, 2.75) is 6.42 Å². The largest absolute Gasteiger partial charge is 0.497 e. The Hall–Kier alpha value is -2.02. The molecule has 0 aromatic heterocycles. The molecule has 0 spiro atoms. The second kappa shape index (κ2) is 10.5. The van der Waals surface area contributed by atoms with Gasteiger partial charge in [0.05, 0.1) is 39.8 Å². The molecule has 28 heavy (non-hydrogen) atoms. The number of thiocarbonyl (C=S) groups is 1. The van der Waals surface area contributed by atoms with Crippen LogP contribution in [0.25, 0.3) is 0 Å². The van der Waals surface area contributed by atoms with Crippen LogP contribution in [0.5, 0.6) is 5.75 Å². The zero-order valence-corrected chi connectivity index (χ0v) is 17.8. The minimum Gasteiger partial charge on any atom is -0.497 e. The smallest absolute Gasteiger partial charge is 0.170 e. The highest BCUT2D eigenvalue weighted by Crippen LogP contribution is 2.19. The maximum absolute atomic E-state index is 5.89. The summed E-state index contributed by atoms with van der Waals surface area (Å²) >= 11 is 11.2. The van der Waals surface area contributed by atoms with E-state index in [4.69, 9.17) is 28.6 Å². The SMILES string of the molecule is COc1ccc(N2CC[NH+](CCCNC(=S)Nc3ccc(Cl)cc3)CC2)cc1. The first kappa shape index (κ1) is 20.7. The Morgan fingerprint density at radius 3 is 2.43 bits per heavy atom. The van der Waals surface area contributed by atoms with Crippen LogP contribution in [0.2, 0.25) is 5.02 Å². The lowest BCUT2D eigenvalue weighted by atomic mass is 10.2. The van der Waals surface area contributed by atoms with Crippen LogP contribution in [0.4, 0.5) is 11.4 Å². The predicted octanol–water partition coefficient (Wildman–Crippen LogP) is 2.43. The molecule has 3 N–H and O–H groups in total. The van der Waals surface area contributed by atoms with E-state index in [2.05, 4.69) is 27.7 Å². The monoisotopic (exact) mass is 419 g/mol. The minimum absolute atomic E-state index is 0.654. The van der Waals surface area contributed by atoms with Crippen molar-refractivity contribution >= 4 is 40.3 Å². The van der Waals surface area contributed by atoms with Gasteiger partial charge in [-0.3, -0.25) is 0 Å². The zero-order chi connectivity index (χ0) is 19.8. The van der Waals surface area contributed by atoms with E-state index in [1.165, 1.54) is 18.8 Å². The zero-order valence-electron chi connectivity index (χ0n) is 16.2. The first-order valence-corrected chi connectivity index (χ1v) is 10.5. The number of benzene rings is 2. The molecule has 1 aliphatic rings. The van der Waals surface area contributed by atoms with Gasteiger partial charge in [-0.15, -0.1) is 0 Å². The Balaban J connectivity index is 1.31. The normalized spacial score (nSPS) is 14.6. The highest BCUT2D eigenvalue weighted by atomic mass is 35.5. The number of halogens is 1. The van der Waals surface area contributed by atoms with Crippen molar-refractivity contribution in [1.29, 1.82) is 0 Å². The lowest BCUT2D eigenvalue weighted by Crippen LogP contribution is -3.15. The highest BCUT2D eigenvalue weighted by Gasteiger charge is 2.19. The number of hydrogen-bond donors (Lipinski definition) is 3. The van der Waals surface area contributed by atoms with Gasteiger partial charge in [0.25, 0.3) is 0 Å². The molecule has 0 bridgehead atoms. The number of rotatable bonds is 7. The average Bonchev–Trinajstić information content (AvgIpc) is 2.73.